The van der Waals surface area contributed by atoms with Crippen LogP contribution in [0.4, 0.5) is 11.4 Å². The molecular formula is C26H40N2O4. The number of hydrogen-bond donors (Lipinski definition) is 1. The van der Waals surface area contributed by atoms with Crippen molar-refractivity contribution in [2.75, 3.05) is 43.6 Å². The summed E-state index contributed by atoms with van der Waals surface area (Å²) in [4.78, 5) is 26.8. The van der Waals surface area contributed by atoms with E-state index >= 15 is 0 Å². The molecule has 32 heavy (non-hydrogen) atoms. The highest BCUT2D eigenvalue weighted by atomic mass is 16.5. The van der Waals surface area contributed by atoms with Crippen molar-refractivity contribution in [3.05, 3.63) is 47.1 Å². The molecule has 0 unspecified atom stereocenters. The van der Waals surface area contributed by atoms with Crippen LogP contribution in [0.25, 0.3) is 0 Å². The second-order valence-electron chi connectivity index (χ2n) is 8.04. The van der Waals surface area contributed by atoms with Gasteiger partial charge in [0.2, 0.25) is 0 Å². The van der Waals surface area contributed by atoms with Gasteiger partial charge in [-0.2, -0.15) is 0 Å². The first kappa shape index (κ1) is 27.4. The Morgan fingerprint density at radius 2 is 1.88 bits per heavy atom. The molecule has 0 aromatic heterocycles. The Hall–Kier alpha value is -2.60. The van der Waals surface area contributed by atoms with E-state index in [0.29, 0.717) is 17.9 Å². The summed E-state index contributed by atoms with van der Waals surface area (Å²) in [6, 6.07) is 5.35. The number of carbonyl (C=O) groups is 2. The Bertz CT molecular complexity index is 795. The van der Waals surface area contributed by atoms with Crippen LogP contribution in [0, 0.1) is 0 Å². The third kappa shape index (κ3) is 9.69. The minimum atomic E-state index is -0.447. The SMILES string of the molecule is CCCCNc1cccc(C(=O)OCC)c1N(C)C(=O)COCC=C(C)CCC=C(C)C. The van der Waals surface area contributed by atoms with Crippen LogP contribution in [-0.4, -0.2) is 45.3 Å². The lowest BCUT2D eigenvalue weighted by Gasteiger charge is -2.24. The van der Waals surface area contributed by atoms with E-state index in [9.17, 15) is 9.59 Å². The quantitative estimate of drug-likeness (QED) is 0.225. The van der Waals surface area contributed by atoms with Crippen molar-refractivity contribution in [2.24, 2.45) is 0 Å². The van der Waals surface area contributed by atoms with E-state index in [0.717, 1.165) is 37.9 Å². The van der Waals surface area contributed by atoms with E-state index in [1.165, 1.54) is 16.0 Å². The number of rotatable bonds is 14. The predicted octanol–water partition coefficient (Wildman–Crippen LogP) is 5.75. The number of allylic oxidation sites excluding steroid dienone is 3. The number of anilines is 2. The van der Waals surface area contributed by atoms with Crippen molar-refractivity contribution in [3.63, 3.8) is 0 Å². The Morgan fingerprint density at radius 3 is 2.53 bits per heavy atom. The Morgan fingerprint density at radius 1 is 1.12 bits per heavy atom. The second-order valence-corrected chi connectivity index (χ2v) is 8.04. The molecule has 0 aliphatic heterocycles. The van der Waals surface area contributed by atoms with Crippen LogP contribution in [0.3, 0.4) is 0 Å². The number of hydrogen-bond acceptors (Lipinski definition) is 5. The van der Waals surface area contributed by atoms with Gasteiger partial charge in [0, 0.05) is 13.6 Å². The number of likely N-dealkylation sites (N-methyl/N-ethyl adjacent to an activating group) is 1. The van der Waals surface area contributed by atoms with Crippen molar-refractivity contribution in [1.82, 2.24) is 0 Å². The molecule has 1 rings (SSSR count). The van der Waals surface area contributed by atoms with E-state index in [4.69, 9.17) is 9.47 Å². The third-order valence-electron chi connectivity index (χ3n) is 4.95. The van der Waals surface area contributed by atoms with Crippen molar-refractivity contribution >= 4 is 23.3 Å². The van der Waals surface area contributed by atoms with E-state index in [-0.39, 0.29) is 19.1 Å². The van der Waals surface area contributed by atoms with E-state index < -0.39 is 5.97 Å². The predicted molar refractivity (Wildman–Crippen MR) is 132 cm³/mol. The van der Waals surface area contributed by atoms with Crippen molar-refractivity contribution in [1.29, 1.82) is 0 Å². The molecule has 0 saturated carbocycles. The normalized spacial score (nSPS) is 11.1. The summed E-state index contributed by atoms with van der Waals surface area (Å²) in [7, 11) is 1.66. The lowest BCUT2D eigenvalue weighted by molar-refractivity contribution is -0.122. The first-order valence-electron chi connectivity index (χ1n) is 11.5. The smallest absolute Gasteiger partial charge is 0.340 e. The van der Waals surface area contributed by atoms with Gasteiger partial charge in [0.25, 0.3) is 5.91 Å². The molecule has 1 amide bonds. The molecule has 1 aromatic rings. The van der Waals surface area contributed by atoms with Gasteiger partial charge in [0.05, 0.1) is 30.2 Å². The first-order valence-corrected chi connectivity index (χ1v) is 11.5. The minimum absolute atomic E-state index is 0.0696. The summed E-state index contributed by atoms with van der Waals surface area (Å²) in [6.07, 6.45) is 8.24. The van der Waals surface area contributed by atoms with Crippen LogP contribution in [0.15, 0.2) is 41.5 Å². The van der Waals surface area contributed by atoms with E-state index in [1.807, 2.05) is 12.1 Å². The number of nitrogens with zero attached hydrogens (tertiary/aromatic N) is 1. The van der Waals surface area contributed by atoms with E-state index in [2.05, 4.69) is 39.1 Å². The zero-order valence-electron chi connectivity index (χ0n) is 20.6. The monoisotopic (exact) mass is 444 g/mol. The molecule has 0 spiro atoms. The van der Waals surface area contributed by atoms with Gasteiger partial charge >= 0.3 is 5.97 Å². The van der Waals surface area contributed by atoms with Gasteiger partial charge in [-0.25, -0.2) is 4.79 Å². The number of benzene rings is 1. The van der Waals surface area contributed by atoms with Crippen LogP contribution >= 0.6 is 0 Å². The van der Waals surface area contributed by atoms with Gasteiger partial charge in [-0.1, -0.05) is 42.7 Å². The molecule has 0 radical (unpaired) electrons. The van der Waals surface area contributed by atoms with Crippen LogP contribution in [0.2, 0.25) is 0 Å². The number of carbonyl (C=O) groups excluding carboxylic acids is 2. The van der Waals surface area contributed by atoms with Gasteiger partial charge in [0.15, 0.2) is 0 Å². The van der Waals surface area contributed by atoms with Crippen LogP contribution in [0.5, 0.6) is 0 Å². The number of unbranched alkanes of at least 4 members (excludes halogenated alkanes) is 1. The summed E-state index contributed by atoms with van der Waals surface area (Å²) in [5.41, 5.74) is 4.16. The molecule has 0 saturated heterocycles. The Balaban J connectivity index is 2.85. The highest BCUT2D eigenvalue weighted by Crippen LogP contribution is 2.30. The number of esters is 1. The zero-order chi connectivity index (χ0) is 23.9. The fourth-order valence-corrected chi connectivity index (χ4v) is 3.08. The fraction of sp³-hybridized carbons (Fsp3) is 0.538. The van der Waals surface area contributed by atoms with Gasteiger partial charge in [-0.05, 0) is 59.1 Å². The largest absolute Gasteiger partial charge is 0.462 e. The lowest BCUT2D eigenvalue weighted by atomic mass is 10.1. The van der Waals surface area contributed by atoms with Crippen molar-refractivity contribution in [2.45, 2.75) is 60.3 Å². The van der Waals surface area contributed by atoms with Crippen molar-refractivity contribution < 1.29 is 19.1 Å². The molecule has 0 fully saturated rings. The maximum atomic E-state index is 12.8. The standard InChI is InChI=1S/C26H40N2O4/c1-7-9-17-27-23-15-11-14-22(26(30)32-8-2)25(23)28(6)24(29)19-31-18-16-21(5)13-10-12-20(3)4/h11-12,14-16,27H,7-10,13,17-19H2,1-6H3. The maximum absolute atomic E-state index is 12.8. The van der Waals surface area contributed by atoms with Gasteiger partial charge in [0.1, 0.15) is 6.61 Å². The molecular weight excluding hydrogens is 404 g/mol. The van der Waals surface area contributed by atoms with Crippen molar-refractivity contribution in [3.8, 4) is 0 Å². The summed E-state index contributed by atoms with van der Waals surface area (Å²) >= 11 is 0. The molecule has 178 valence electrons. The summed E-state index contributed by atoms with van der Waals surface area (Å²) < 4.78 is 10.8. The minimum Gasteiger partial charge on any atom is -0.462 e. The topological polar surface area (TPSA) is 67.9 Å². The van der Waals surface area contributed by atoms with Crippen LogP contribution in [-0.2, 0) is 14.3 Å². The highest BCUT2D eigenvalue weighted by Gasteiger charge is 2.23. The molecule has 0 atom stereocenters. The molecule has 0 aliphatic rings. The maximum Gasteiger partial charge on any atom is 0.340 e. The fourth-order valence-electron chi connectivity index (χ4n) is 3.08. The third-order valence-corrected chi connectivity index (χ3v) is 4.95. The summed E-state index contributed by atoms with van der Waals surface area (Å²) in [5, 5.41) is 3.34. The number of nitrogens with one attached hydrogen (secondary N) is 1. The van der Waals surface area contributed by atoms with Crippen LogP contribution < -0.4 is 10.2 Å². The average Bonchev–Trinajstić information content (AvgIpc) is 2.76. The summed E-state index contributed by atoms with van der Waals surface area (Å²) in [5.74, 6) is -0.673. The number of ether oxygens (including phenoxy) is 2. The molecule has 0 heterocycles. The van der Waals surface area contributed by atoms with Gasteiger partial charge in [-0.15, -0.1) is 0 Å². The summed E-state index contributed by atoms with van der Waals surface area (Å²) in [6.45, 7) is 11.5. The number of amides is 1. The molecule has 1 aromatic carbocycles. The molecule has 1 N–H and O–H groups in total. The average molecular weight is 445 g/mol. The molecule has 0 bridgehead atoms. The van der Waals surface area contributed by atoms with Crippen LogP contribution in [0.1, 0.15) is 70.7 Å². The lowest BCUT2D eigenvalue weighted by Crippen LogP contribution is -2.32. The Kier molecular flexibility index (Phi) is 13.1. The second kappa shape index (κ2) is 15.2. The number of para-hydroxylation sites is 1. The molecule has 6 heteroatoms. The Labute approximate surface area is 193 Å². The van der Waals surface area contributed by atoms with E-state index in [1.54, 1.807) is 26.1 Å². The van der Waals surface area contributed by atoms with Gasteiger partial charge in [-0.3, -0.25) is 4.79 Å². The zero-order valence-corrected chi connectivity index (χ0v) is 20.6. The highest BCUT2D eigenvalue weighted by molar-refractivity contribution is 6.06. The molecule has 6 nitrogen and oxygen atoms in total. The first-order chi connectivity index (χ1) is 15.3. The van der Waals surface area contributed by atoms with Gasteiger partial charge < -0.3 is 19.7 Å². The molecule has 0 aliphatic carbocycles.